The van der Waals surface area contributed by atoms with Crippen molar-refractivity contribution >= 4 is 64.1 Å². The Kier molecular flexibility index (Phi) is 12.2. The van der Waals surface area contributed by atoms with Gasteiger partial charge < -0.3 is 62.3 Å². The molecule has 0 unspecified atom stereocenters. The van der Waals surface area contributed by atoms with E-state index in [1.165, 1.54) is 64.2 Å². The van der Waals surface area contributed by atoms with Gasteiger partial charge >= 0.3 is 5.97 Å². The van der Waals surface area contributed by atoms with Gasteiger partial charge in [0.15, 0.2) is 22.8 Å². The molecule has 3 amide bonds. The molecule has 6 aliphatic rings. The molecule has 8 atom stereocenters. The maximum Gasteiger partial charge on any atom is 0.335 e. The van der Waals surface area contributed by atoms with Gasteiger partial charge in [-0.25, -0.2) is 4.79 Å². The van der Waals surface area contributed by atoms with Gasteiger partial charge in [0.2, 0.25) is 11.6 Å². The van der Waals surface area contributed by atoms with Crippen molar-refractivity contribution in [1.82, 2.24) is 14.7 Å². The lowest BCUT2D eigenvalue weighted by atomic mass is 9.57. The van der Waals surface area contributed by atoms with Crippen LogP contribution in [0.25, 0.3) is 11.5 Å². The number of Topliss-reactive ketones (excluding diaryl/α,β-unsaturated/α-hetero) is 5. The molecular weight excluding hydrogens is 923 g/mol. The minimum atomic E-state index is -2.76. The first kappa shape index (κ1) is 50.2. The summed E-state index contributed by atoms with van der Waals surface area (Å²) in [5.41, 5.74) is 2.06. The molecule has 0 aromatic heterocycles. The third-order valence-electron chi connectivity index (χ3n) is 14.3. The number of aromatic carboxylic acids is 1. The second-order valence-electron chi connectivity index (χ2n) is 18.7. The van der Waals surface area contributed by atoms with E-state index < -0.39 is 145 Å². The molecule has 0 radical (unpaired) electrons. The van der Waals surface area contributed by atoms with Gasteiger partial charge in [0.05, 0.1) is 28.8 Å². The van der Waals surface area contributed by atoms with Crippen molar-refractivity contribution < 1.29 is 89.1 Å². The van der Waals surface area contributed by atoms with E-state index in [1.54, 1.807) is 0 Å². The molecule has 8 rings (SSSR count). The third kappa shape index (κ3) is 6.97. The van der Waals surface area contributed by atoms with Crippen LogP contribution >= 0.6 is 0 Å². The van der Waals surface area contributed by atoms with Crippen LogP contribution in [0.15, 0.2) is 58.1 Å². The van der Waals surface area contributed by atoms with Crippen LogP contribution in [0.4, 0.5) is 0 Å². The second-order valence-corrected chi connectivity index (χ2v) is 18.7. The number of amides is 3. The Morgan fingerprint density at radius 2 is 0.943 bits per heavy atom. The summed E-state index contributed by atoms with van der Waals surface area (Å²) in [6, 6.07) is 2.16. The number of aliphatic hydroxyl groups excluding tert-OH is 4. The van der Waals surface area contributed by atoms with Crippen LogP contribution in [0.5, 0.6) is 11.5 Å². The monoisotopic (exact) mass is 971 g/mol. The quantitative estimate of drug-likeness (QED) is 0.0891. The van der Waals surface area contributed by atoms with Gasteiger partial charge in [0, 0.05) is 42.6 Å². The number of rotatable bonds is 7. The molecule has 23 nitrogen and oxygen atoms in total. The number of phenolic OH excluding ortho intramolecular Hbond substituents is 2. The molecule has 2 aromatic carbocycles. The van der Waals surface area contributed by atoms with E-state index in [1.807, 2.05) is 0 Å². The van der Waals surface area contributed by atoms with E-state index in [-0.39, 0.29) is 70.2 Å². The summed E-state index contributed by atoms with van der Waals surface area (Å²) in [5.74, 6) is -18.6. The number of ketones is 5. The number of carbonyl (C=O) groups excluding carboxylic acids is 8. The van der Waals surface area contributed by atoms with Crippen LogP contribution in [-0.2, 0) is 46.4 Å². The first-order valence-corrected chi connectivity index (χ1v) is 21.5. The fourth-order valence-corrected chi connectivity index (χ4v) is 11.2. The van der Waals surface area contributed by atoms with E-state index in [0.717, 1.165) is 17.0 Å². The molecular formula is C47H49N5O18. The van der Waals surface area contributed by atoms with Gasteiger partial charge in [-0.05, 0) is 101 Å². The Labute approximate surface area is 396 Å². The highest BCUT2D eigenvalue weighted by Gasteiger charge is 2.66. The first-order chi connectivity index (χ1) is 32.5. The lowest BCUT2D eigenvalue weighted by Gasteiger charge is -2.50. The number of aliphatic hydroxyl groups is 6. The molecule has 13 N–H and O–H groups in total. The molecule has 0 aliphatic heterocycles. The molecule has 2 aromatic rings. The lowest BCUT2D eigenvalue weighted by molar-refractivity contribution is -0.155. The zero-order valence-corrected chi connectivity index (χ0v) is 38.3. The summed E-state index contributed by atoms with van der Waals surface area (Å²) in [7, 11) is 8.77. The molecule has 370 valence electrons. The molecule has 23 heteroatoms. The van der Waals surface area contributed by atoms with E-state index >= 15 is 0 Å². The number of nitrogens with zero attached hydrogens (tertiary/aromatic N) is 3. The Hall–Kier alpha value is -7.73. The van der Waals surface area contributed by atoms with Crippen LogP contribution in [0.2, 0.25) is 0 Å². The normalized spacial score (nSPS) is 28.0. The van der Waals surface area contributed by atoms with E-state index in [2.05, 4.69) is 0 Å². The second kappa shape index (κ2) is 17.0. The minimum absolute atomic E-state index is 0.0759. The maximum atomic E-state index is 13.8. The van der Waals surface area contributed by atoms with Crippen molar-refractivity contribution in [2.24, 2.45) is 35.1 Å². The van der Waals surface area contributed by atoms with Gasteiger partial charge in [-0.1, -0.05) is 0 Å². The van der Waals surface area contributed by atoms with Crippen LogP contribution in [0.3, 0.4) is 0 Å². The predicted molar refractivity (Wildman–Crippen MR) is 238 cm³/mol. The molecule has 0 bridgehead atoms. The number of fused-ring (bicyclic) bond motifs is 6. The average molecular weight is 972 g/mol. The number of carboxylic acid groups (broad SMARTS) is 1. The van der Waals surface area contributed by atoms with Gasteiger partial charge in [0.25, 0.3) is 23.5 Å². The highest BCUT2D eigenvalue weighted by atomic mass is 16.4. The van der Waals surface area contributed by atoms with Crippen molar-refractivity contribution in [3.05, 3.63) is 91.5 Å². The van der Waals surface area contributed by atoms with Crippen LogP contribution in [0, 0.1) is 23.7 Å². The average Bonchev–Trinajstić information content (AvgIpc) is 3.25. The number of primary amides is 2. The van der Waals surface area contributed by atoms with E-state index in [9.17, 15) is 89.1 Å². The summed E-state index contributed by atoms with van der Waals surface area (Å²) < 4.78 is 0. The zero-order chi connectivity index (χ0) is 52.3. The van der Waals surface area contributed by atoms with E-state index in [4.69, 9.17) is 11.5 Å². The van der Waals surface area contributed by atoms with Crippen molar-refractivity contribution in [3.8, 4) is 11.5 Å². The van der Waals surface area contributed by atoms with Gasteiger partial charge in [0.1, 0.15) is 45.7 Å². The molecule has 0 heterocycles. The standard InChI is InChI=1S/C25H27N3O9.C22H22N2O9/c1-27(2)17-12-8-9-7-11-10(18(30)24(36)28(3)4)5-6-13(29)15(11)19(31)14(9)21(33)25(12,37)22(34)16(20(17)32)23(26)35;1-24(2)15-10-6-7-5-9-8(21(31)32)3-4-11(25)13(9)16(26)12(7)18(28)22(10,33)19(29)14(17(15)27)20(23)30/h5-6,9,12,17,29,31,34,37H,7-8H2,1-4H3,(H2,26,35);3-4,7,10,15,25-26,29,33H,5-6H2,1-2H3,(H2,23,30)(H,31,32)/t9-,12-,17-,25-;7-,10-,15-,22-/m00/s1. The topological polar surface area (TPSA) is 397 Å². The van der Waals surface area contributed by atoms with Crippen molar-refractivity contribution in [2.75, 3.05) is 42.3 Å². The van der Waals surface area contributed by atoms with Crippen molar-refractivity contribution in [1.29, 1.82) is 0 Å². The number of aromatic hydroxyl groups is 2. The Morgan fingerprint density at radius 3 is 1.27 bits per heavy atom. The number of carbonyl (C=O) groups is 9. The largest absolute Gasteiger partial charge is 0.508 e. The lowest BCUT2D eigenvalue weighted by Crippen LogP contribution is -2.65. The number of likely N-dealkylation sites (N-methyl/N-ethyl adjacent to an activating group) is 3. The van der Waals surface area contributed by atoms with Crippen LogP contribution in [-0.4, -0.2) is 179 Å². The highest BCUT2D eigenvalue weighted by molar-refractivity contribution is 6.43. The molecule has 70 heavy (non-hydrogen) atoms. The van der Waals surface area contributed by atoms with Crippen LogP contribution < -0.4 is 11.5 Å². The zero-order valence-electron chi connectivity index (χ0n) is 38.3. The van der Waals surface area contributed by atoms with Crippen molar-refractivity contribution in [3.63, 3.8) is 0 Å². The summed E-state index contributed by atoms with van der Waals surface area (Å²) in [4.78, 5) is 118. The SMILES string of the molecule is CN(C)C(=O)C(=O)c1ccc(O)c2c1C[C@H]1C[C@H]3[C@H](N(C)C)C(=O)C(C(N)=O)=C(O)[C@@]3(O)C(=O)C1=C2O.CN(C)[C@@H]1C(=O)C(C(N)=O)=C(O)[C@@]2(O)C(=O)C3=C(O)c4c(O)ccc(C(=O)O)c4C[C@H]3C[C@@H]12. The number of hydrogen-bond acceptors (Lipinski definition) is 19. The van der Waals surface area contributed by atoms with Gasteiger partial charge in [-0.15, -0.1) is 0 Å². The Morgan fingerprint density at radius 1 is 0.586 bits per heavy atom. The minimum Gasteiger partial charge on any atom is -0.508 e. The number of nitrogens with two attached hydrogens (primary N) is 2. The molecule has 0 saturated heterocycles. The third-order valence-corrected chi connectivity index (χ3v) is 14.3. The Bertz CT molecular complexity index is 2960. The Balaban J connectivity index is 0.000000208. The van der Waals surface area contributed by atoms with Gasteiger partial charge in [-0.2, -0.15) is 0 Å². The number of carboxylic acids is 1. The van der Waals surface area contributed by atoms with Gasteiger partial charge in [-0.3, -0.25) is 48.2 Å². The molecule has 6 aliphatic carbocycles. The first-order valence-electron chi connectivity index (χ1n) is 21.5. The van der Waals surface area contributed by atoms with Crippen LogP contribution in [0.1, 0.15) is 55.8 Å². The smallest absolute Gasteiger partial charge is 0.335 e. The maximum absolute atomic E-state index is 13.8. The number of phenols is 2. The summed E-state index contributed by atoms with van der Waals surface area (Å²) in [5, 5.41) is 97.0. The molecule has 0 spiro atoms. The molecule has 2 saturated carbocycles. The van der Waals surface area contributed by atoms with Crippen molar-refractivity contribution in [2.45, 2.75) is 49.0 Å². The summed E-state index contributed by atoms with van der Waals surface area (Å²) >= 11 is 0. The summed E-state index contributed by atoms with van der Waals surface area (Å²) in [6.07, 6.45) is -0.410. The van der Waals surface area contributed by atoms with E-state index in [0.29, 0.717) is 0 Å². The summed E-state index contributed by atoms with van der Waals surface area (Å²) in [6.45, 7) is 0. The number of hydrogen-bond donors (Lipinski definition) is 11. The highest BCUT2D eigenvalue weighted by Crippen LogP contribution is 2.55. The fourth-order valence-electron chi connectivity index (χ4n) is 11.2. The predicted octanol–water partition coefficient (Wildman–Crippen LogP) is -1.10. The fraction of sp³-hybridized carbons (Fsp3) is 0.383. The number of benzene rings is 2. The molecule has 2 fully saturated rings.